The van der Waals surface area contributed by atoms with Gasteiger partial charge in [-0.1, -0.05) is 70.7 Å². The van der Waals surface area contributed by atoms with Gasteiger partial charge in [0.2, 0.25) is 0 Å². The number of nitrogens with zero attached hydrogens (tertiary/aromatic N) is 1. The SMILES string of the molecule is C.C.C.C.C.CC.CCCC1CC(C)(C)N(O)C(C)(C)C1. The highest BCUT2D eigenvalue weighted by Crippen LogP contribution is 2.41. The number of hydroxylamine groups is 2. The minimum atomic E-state index is -0.0679. The summed E-state index contributed by atoms with van der Waals surface area (Å²) in [6, 6.07) is 0. The summed E-state index contributed by atoms with van der Waals surface area (Å²) in [6.07, 6.45) is 4.77. The maximum Gasteiger partial charge on any atom is 0.0413 e. The van der Waals surface area contributed by atoms with E-state index in [9.17, 15) is 5.21 Å². The van der Waals surface area contributed by atoms with Crippen LogP contribution in [0.5, 0.6) is 0 Å². The van der Waals surface area contributed by atoms with Crippen molar-refractivity contribution in [2.24, 2.45) is 5.92 Å². The Hall–Kier alpha value is -0.0800. The Morgan fingerprint density at radius 3 is 1.38 bits per heavy atom. The van der Waals surface area contributed by atoms with E-state index in [1.807, 2.05) is 13.8 Å². The lowest BCUT2D eigenvalue weighted by Gasteiger charge is -2.51. The lowest BCUT2D eigenvalue weighted by Crippen LogP contribution is -2.58. The molecule has 0 aromatic rings. The van der Waals surface area contributed by atoms with E-state index >= 15 is 0 Å². The van der Waals surface area contributed by atoms with Gasteiger partial charge in [0.05, 0.1) is 0 Å². The largest absolute Gasteiger partial charge is 0.313 e. The van der Waals surface area contributed by atoms with Crippen molar-refractivity contribution >= 4 is 0 Å². The topological polar surface area (TPSA) is 23.5 Å². The molecule has 1 N–H and O–H groups in total. The Bertz CT molecular complexity index is 182. The van der Waals surface area contributed by atoms with Crippen LogP contribution in [0.4, 0.5) is 0 Å². The highest BCUT2D eigenvalue weighted by Gasteiger charge is 2.44. The van der Waals surface area contributed by atoms with Crippen LogP contribution in [0.15, 0.2) is 0 Å². The van der Waals surface area contributed by atoms with Crippen LogP contribution in [0.2, 0.25) is 0 Å². The minimum absolute atomic E-state index is 0. The second-order valence-electron chi connectivity index (χ2n) is 6.00. The normalized spacial score (nSPS) is 18.9. The second kappa shape index (κ2) is 14.8. The summed E-state index contributed by atoms with van der Waals surface area (Å²) in [4.78, 5) is 0. The molecule has 0 radical (unpaired) electrons. The van der Waals surface area contributed by atoms with Crippen molar-refractivity contribution in [2.75, 3.05) is 0 Å². The Balaban J connectivity index is -0.0000000770. The molecule has 0 saturated carbocycles. The Morgan fingerprint density at radius 1 is 0.857 bits per heavy atom. The van der Waals surface area contributed by atoms with Crippen LogP contribution in [0.1, 0.15) is 111 Å². The molecule has 0 aromatic carbocycles. The molecule has 21 heavy (non-hydrogen) atoms. The molecule has 0 bridgehead atoms. The van der Waals surface area contributed by atoms with Crippen molar-refractivity contribution in [1.82, 2.24) is 5.06 Å². The first kappa shape index (κ1) is 37.3. The lowest BCUT2D eigenvalue weighted by molar-refractivity contribution is -0.251. The monoisotopic (exact) mass is 309 g/mol. The van der Waals surface area contributed by atoms with Crippen molar-refractivity contribution < 1.29 is 5.21 Å². The third kappa shape index (κ3) is 10.3. The molecule has 2 nitrogen and oxygen atoms in total. The average Bonchev–Trinajstić information content (AvgIpc) is 2.17. The molecule has 1 rings (SSSR count). The van der Waals surface area contributed by atoms with Gasteiger partial charge in [0.1, 0.15) is 0 Å². The fourth-order valence-electron chi connectivity index (χ4n) is 3.09. The Kier molecular flexibility index (Phi) is 26.4. The van der Waals surface area contributed by atoms with Crippen LogP contribution in [0.3, 0.4) is 0 Å². The Morgan fingerprint density at radius 2 is 1.14 bits per heavy atom. The molecule has 1 aliphatic rings. The van der Waals surface area contributed by atoms with E-state index in [-0.39, 0.29) is 48.2 Å². The van der Waals surface area contributed by atoms with Crippen molar-refractivity contribution in [2.45, 2.75) is 122 Å². The average molecular weight is 310 g/mol. The van der Waals surface area contributed by atoms with Gasteiger partial charge in [-0.2, -0.15) is 5.06 Å². The van der Waals surface area contributed by atoms with Gasteiger partial charge in [0, 0.05) is 11.1 Å². The van der Waals surface area contributed by atoms with Crippen LogP contribution >= 0.6 is 0 Å². The summed E-state index contributed by atoms with van der Waals surface area (Å²) in [5.41, 5.74) is -0.136. The van der Waals surface area contributed by atoms with Gasteiger partial charge in [-0.3, -0.25) is 0 Å². The van der Waals surface area contributed by atoms with Gasteiger partial charge in [0.15, 0.2) is 0 Å². The highest BCUT2D eigenvalue weighted by molar-refractivity contribution is 4.95. The minimum Gasteiger partial charge on any atom is -0.313 e. The van der Waals surface area contributed by atoms with E-state index in [0.717, 1.165) is 18.8 Å². The molecule has 0 aliphatic carbocycles. The van der Waals surface area contributed by atoms with E-state index in [0.29, 0.717) is 0 Å². The molecule has 1 heterocycles. The zero-order valence-electron chi connectivity index (χ0n) is 12.3. The van der Waals surface area contributed by atoms with E-state index in [1.165, 1.54) is 12.8 Å². The van der Waals surface area contributed by atoms with Gasteiger partial charge >= 0.3 is 0 Å². The van der Waals surface area contributed by atoms with Gasteiger partial charge < -0.3 is 5.21 Å². The molecular formula is C19H51NO. The number of piperidine rings is 1. The smallest absolute Gasteiger partial charge is 0.0413 e. The van der Waals surface area contributed by atoms with E-state index < -0.39 is 0 Å². The zero-order chi connectivity index (χ0) is 13.0. The molecule has 138 valence electrons. The zero-order valence-corrected chi connectivity index (χ0v) is 12.3. The number of hydrogen-bond donors (Lipinski definition) is 1. The van der Waals surface area contributed by atoms with E-state index in [4.69, 9.17) is 0 Å². The van der Waals surface area contributed by atoms with Crippen LogP contribution in [0, 0.1) is 5.92 Å². The Labute approximate surface area is 139 Å². The third-order valence-electron chi connectivity index (χ3n) is 3.42. The fraction of sp³-hybridized carbons (Fsp3) is 1.00. The van der Waals surface area contributed by atoms with Gasteiger partial charge in [-0.15, -0.1) is 0 Å². The molecule has 1 saturated heterocycles. The van der Waals surface area contributed by atoms with E-state index in [1.54, 1.807) is 5.06 Å². The first-order chi connectivity index (χ1) is 7.29. The third-order valence-corrected chi connectivity index (χ3v) is 3.42. The molecule has 0 spiro atoms. The van der Waals surface area contributed by atoms with Crippen molar-refractivity contribution in [3.05, 3.63) is 0 Å². The maximum atomic E-state index is 10.1. The molecular weight excluding hydrogens is 258 g/mol. The quantitative estimate of drug-likeness (QED) is 0.566. The van der Waals surface area contributed by atoms with Crippen LogP contribution in [0.25, 0.3) is 0 Å². The molecule has 0 amide bonds. The molecule has 0 unspecified atom stereocenters. The van der Waals surface area contributed by atoms with Gasteiger partial charge in [-0.25, -0.2) is 0 Å². The molecule has 0 aromatic heterocycles. The lowest BCUT2D eigenvalue weighted by atomic mass is 9.74. The second-order valence-corrected chi connectivity index (χ2v) is 6.00. The first-order valence-corrected chi connectivity index (χ1v) is 6.79. The van der Waals surface area contributed by atoms with Crippen LogP contribution in [-0.2, 0) is 0 Å². The molecule has 0 atom stereocenters. The predicted octanol–water partition coefficient (Wildman–Crippen LogP) is 7.65. The number of hydrogen-bond acceptors (Lipinski definition) is 2. The van der Waals surface area contributed by atoms with Crippen molar-refractivity contribution in [3.63, 3.8) is 0 Å². The fourth-order valence-corrected chi connectivity index (χ4v) is 3.09. The summed E-state index contributed by atoms with van der Waals surface area (Å²) in [6.45, 7) is 14.8. The predicted molar refractivity (Wildman–Crippen MR) is 104 cm³/mol. The highest BCUT2D eigenvalue weighted by atomic mass is 16.5. The maximum absolute atomic E-state index is 10.1. The number of rotatable bonds is 2. The van der Waals surface area contributed by atoms with E-state index in [2.05, 4.69) is 34.6 Å². The summed E-state index contributed by atoms with van der Waals surface area (Å²) < 4.78 is 0. The molecule has 1 fully saturated rings. The summed E-state index contributed by atoms with van der Waals surface area (Å²) >= 11 is 0. The van der Waals surface area contributed by atoms with Crippen molar-refractivity contribution in [1.29, 1.82) is 0 Å². The summed E-state index contributed by atoms with van der Waals surface area (Å²) in [5, 5.41) is 11.6. The first-order valence-electron chi connectivity index (χ1n) is 6.79. The van der Waals surface area contributed by atoms with Gasteiger partial charge in [-0.05, 0) is 46.5 Å². The molecule has 1 aliphatic heterocycles. The summed E-state index contributed by atoms with van der Waals surface area (Å²) in [7, 11) is 0. The molecule has 2 heteroatoms. The van der Waals surface area contributed by atoms with Gasteiger partial charge in [0.25, 0.3) is 0 Å². The summed E-state index contributed by atoms with van der Waals surface area (Å²) in [5.74, 6) is 0.772. The van der Waals surface area contributed by atoms with Crippen LogP contribution < -0.4 is 0 Å². The standard InChI is InChI=1S/C12H25NO.C2H6.5CH4/c1-6-7-10-8-11(2,3)13(14)12(4,5)9-10;1-2;;;;;/h10,14H,6-9H2,1-5H3;1-2H3;5*1H4. The van der Waals surface area contributed by atoms with Crippen LogP contribution in [-0.4, -0.2) is 21.3 Å². The van der Waals surface area contributed by atoms with Crippen molar-refractivity contribution in [3.8, 4) is 0 Å².